The lowest BCUT2D eigenvalue weighted by atomic mass is 9.91. The molecule has 0 radical (unpaired) electrons. The average molecular weight is 278 g/mol. The molecule has 0 unspecified atom stereocenters. The van der Waals surface area contributed by atoms with E-state index in [-0.39, 0.29) is 11.8 Å². The highest BCUT2D eigenvalue weighted by Crippen LogP contribution is 2.39. The zero-order chi connectivity index (χ0) is 13.1. The van der Waals surface area contributed by atoms with E-state index >= 15 is 0 Å². The highest BCUT2D eigenvalue weighted by molar-refractivity contribution is 8.03. The van der Waals surface area contributed by atoms with Crippen molar-refractivity contribution in [3.05, 3.63) is 32.5 Å². The molecule has 1 aromatic heterocycles. The maximum atomic E-state index is 11.8. The number of hydrogen-bond acceptors (Lipinski definition) is 4. The lowest BCUT2D eigenvalue weighted by Gasteiger charge is -2.24. The Hall–Kier alpha value is -1.25. The lowest BCUT2D eigenvalue weighted by Crippen LogP contribution is -2.30. The molecule has 0 saturated heterocycles. The molecule has 0 fully saturated rings. The van der Waals surface area contributed by atoms with Crippen molar-refractivity contribution in [3.8, 4) is 6.07 Å². The molecule has 2 rings (SSSR count). The second kappa shape index (κ2) is 5.59. The number of thioether (sulfide) groups is 1. The zero-order valence-electron chi connectivity index (χ0n) is 10.3. The number of aryl methyl sites for hydroxylation is 1. The first-order chi connectivity index (χ1) is 8.67. The summed E-state index contributed by atoms with van der Waals surface area (Å²) < 4.78 is 0. The number of allylic oxidation sites excluding steroid dienone is 1. The normalized spacial score (nSPS) is 19.6. The summed E-state index contributed by atoms with van der Waals surface area (Å²) in [5.41, 5.74) is 1.86. The van der Waals surface area contributed by atoms with Crippen LogP contribution in [0, 0.1) is 18.3 Å². The van der Waals surface area contributed by atoms with Crippen LogP contribution in [0.15, 0.2) is 22.0 Å². The van der Waals surface area contributed by atoms with Crippen molar-refractivity contribution in [2.24, 2.45) is 0 Å². The summed E-state index contributed by atoms with van der Waals surface area (Å²) in [7, 11) is 0. The predicted octanol–water partition coefficient (Wildman–Crippen LogP) is 3.15. The number of carbonyl (C=O) groups excluding carboxylic acids is 1. The summed E-state index contributed by atoms with van der Waals surface area (Å²) in [5, 5.41) is 14.9. The molecule has 1 N–H and O–H groups in total. The van der Waals surface area contributed by atoms with Gasteiger partial charge in [0.1, 0.15) is 0 Å². The monoisotopic (exact) mass is 278 g/mol. The van der Waals surface area contributed by atoms with Crippen LogP contribution in [0.4, 0.5) is 0 Å². The average Bonchev–Trinajstić information content (AvgIpc) is 2.75. The zero-order valence-corrected chi connectivity index (χ0v) is 12.0. The second-order valence-corrected chi connectivity index (χ2v) is 6.28. The Bertz CT molecular complexity index is 539. The Morgan fingerprint density at radius 1 is 1.67 bits per heavy atom. The molecule has 0 aliphatic carbocycles. The standard InChI is InChI=1S/C13H14N2OS2/c1-3-17-13-10(7-14)9(6-11(16)15-13)12-8(2)4-5-18-12/h4-5,9H,3,6H2,1-2H3,(H,15,16)/t9-/m1/s1. The van der Waals surface area contributed by atoms with Crippen molar-refractivity contribution in [1.29, 1.82) is 5.26 Å². The van der Waals surface area contributed by atoms with Gasteiger partial charge in [0.05, 0.1) is 16.7 Å². The lowest BCUT2D eigenvalue weighted by molar-refractivity contribution is -0.120. The molecule has 0 aromatic carbocycles. The Labute approximate surface area is 115 Å². The van der Waals surface area contributed by atoms with Gasteiger partial charge in [0.15, 0.2) is 0 Å². The first kappa shape index (κ1) is 13.2. The predicted molar refractivity (Wildman–Crippen MR) is 75.3 cm³/mol. The van der Waals surface area contributed by atoms with Crippen molar-refractivity contribution in [3.63, 3.8) is 0 Å². The van der Waals surface area contributed by atoms with Crippen LogP contribution in [0.5, 0.6) is 0 Å². The fraction of sp³-hybridized carbons (Fsp3) is 0.385. The van der Waals surface area contributed by atoms with Gasteiger partial charge in [-0.3, -0.25) is 4.79 Å². The molecule has 1 amide bonds. The van der Waals surface area contributed by atoms with Gasteiger partial charge in [-0.15, -0.1) is 23.1 Å². The number of nitriles is 1. The maximum Gasteiger partial charge on any atom is 0.225 e. The van der Waals surface area contributed by atoms with Crippen molar-refractivity contribution in [2.45, 2.75) is 26.2 Å². The van der Waals surface area contributed by atoms with E-state index in [4.69, 9.17) is 0 Å². The quantitative estimate of drug-likeness (QED) is 0.924. The molecule has 1 aliphatic rings. The van der Waals surface area contributed by atoms with Crippen LogP contribution < -0.4 is 5.32 Å². The molecule has 2 heterocycles. The minimum atomic E-state index is -0.0715. The molecule has 1 aliphatic heterocycles. The Morgan fingerprint density at radius 2 is 2.44 bits per heavy atom. The van der Waals surface area contributed by atoms with E-state index < -0.39 is 0 Å². The number of amides is 1. The third kappa shape index (κ3) is 2.45. The smallest absolute Gasteiger partial charge is 0.225 e. The van der Waals surface area contributed by atoms with Gasteiger partial charge in [0, 0.05) is 17.2 Å². The number of hydrogen-bond donors (Lipinski definition) is 1. The minimum absolute atomic E-state index is 0.00255. The van der Waals surface area contributed by atoms with Gasteiger partial charge < -0.3 is 5.32 Å². The third-order valence-electron chi connectivity index (χ3n) is 2.86. The van der Waals surface area contributed by atoms with E-state index in [1.807, 2.05) is 25.3 Å². The molecule has 18 heavy (non-hydrogen) atoms. The van der Waals surface area contributed by atoms with Gasteiger partial charge in [-0.25, -0.2) is 0 Å². The van der Waals surface area contributed by atoms with Crippen LogP contribution in [0.3, 0.4) is 0 Å². The maximum absolute atomic E-state index is 11.8. The fourth-order valence-electron chi connectivity index (χ4n) is 2.04. The molecular formula is C13H14N2OS2. The van der Waals surface area contributed by atoms with Crippen LogP contribution in [0.25, 0.3) is 0 Å². The van der Waals surface area contributed by atoms with E-state index in [0.29, 0.717) is 12.0 Å². The van der Waals surface area contributed by atoms with Crippen molar-refractivity contribution in [1.82, 2.24) is 5.32 Å². The SMILES string of the molecule is CCSC1=C(C#N)[C@H](c2sccc2C)CC(=O)N1. The first-order valence-electron chi connectivity index (χ1n) is 5.78. The van der Waals surface area contributed by atoms with Gasteiger partial charge in [-0.05, 0) is 29.7 Å². The Balaban J connectivity index is 2.46. The van der Waals surface area contributed by atoms with E-state index in [1.165, 1.54) is 11.8 Å². The number of thiophene rings is 1. The molecule has 0 saturated carbocycles. The van der Waals surface area contributed by atoms with Crippen molar-refractivity contribution in [2.75, 3.05) is 5.75 Å². The first-order valence-corrected chi connectivity index (χ1v) is 7.64. The molecule has 0 bridgehead atoms. The molecule has 5 heteroatoms. The highest BCUT2D eigenvalue weighted by atomic mass is 32.2. The third-order valence-corrected chi connectivity index (χ3v) is 4.89. The van der Waals surface area contributed by atoms with Crippen molar-refractivity contribution >= 4 is 29.0 Å². The Morgan fingerprint density at radius 3 is 3.00 bits per heavy atom. The molecule has 1 atom stereocenters. The van der Waals surface area contributed by atoms with E-state index in [2.05, 4.69) is 11.4 Å². The fourth-order valence-corrected chi connectivity index (χ4v) is 3.90. The summed E-state index contributed by atoms with van der Waals surface area (Å²) in [4.78, 5) is 12.9. The molecule has 3 nitrogen and oxygen atoms in total. The summed E-state index contributed by atoms with van der Waals surface area (Å²) in [5.74, 6) is 0.775. The van der Waals surface area contributed by atoms with Crippen LogP contribution in [-0.4, -0.2) is 11.7 Å². The highest BCUT2D eigenvalue weighted by Gasteiger charge is 2.30. The number of carbonyl (C=O) groups is 1. The number of rotatable bonds is 3. The molecule has 94 valence electrons. The van der Waals surface area contributed by atoms with Gasteiger partial charge in [-0.2, -0.15) is 5.26 Å². The number of nitrogens with one attached hydrogen (secondary N) is 1. The van der Waals surface area contributed by atoms with Crippen LogP contribution in [0.1, 0.15) is 29.7 Å². The van der Waals surface area contributed by atoms with E-state index in [9.17, 15) is 10.1 Å². The van der Waals surface area contributed by atoms with Gasteiger partial charge in [0.25, 0.3) is 0 Å². The van der Waals surface area contributed by atoms with Crippen LogP contribution in [0.2, 0.25) is 0 Å². The summed E-state index contributed by atoms with van der Waals surface area (Å²) >= 11 is 3.15. The number of nitrogens with zero attached hydrogens (tertiary/aromatic N) is 1. The van der Waals surface area contributed by atoms with Crippen LogP contribution >= 0.6 is 23.1 Å². The largest absolute Gasteiger partial charge is 0.320 e. The van der Waals surface area contributed by atoms with E-state index in [0.717, 1.165) is 21.2 Å². The van der Waals surface area contributed by atoms with Gasteiger partial charge >= 0.3 is 0 Å². The van der Waals surface area contributed by atoms with Gasteiger partial charge in [0.2, 0.25) is 5.91 Å². The summed E-state index contributed by atoms with van der Waals surface area (Å²) in [6.45, 7) is 4.04. The molecule has 1 aromatic rings. The second-order valence-electron chi connectivity index (χ2n) is 4.06. The Kier molecular flexibility index (Phi) is 4.10. The van der Waals surface area contributed by atoms with E-state index in [1.54, 1.807) is 11.3 Å². The minimum Gasteiger partial charge on any atom is -0.320 e. The van der Waals surface area contributed by atoms with Crippen LogP contribution in [-0.2, 0) is 4.79 Å². The molecule has 0 spiro atoms. The molecular weight excluding hydrogens is 264 g/mol. The topological polar surface area (TPSA) is 52.9 Å². The summed E-state index contributed by atoms with van der Waals surface area (Å²) in [6.07, 6.45) is 0.373. The van der Waals surface area contributed by atoms with Gasteiger partial charge in [-0.1, -0.05) is 6.92 Å². The summed E-state index contributed by atoms with van der Waals surface area (Å²) in [6, 6.07) is 4.31. The van der Waals surface area contributed by atoms with Crippen molar-refractivity contribution < 1.29 is 4.79 Å².